The van der Waals surface area contributed by atoms with E-state index < -0.39 is 0 Å². The number of likely N-dealkylation sites (tertiary alicyclic amines) is 1. The molecule has 1 aliphatic rings. The van der Waals surface area contributed by atoms with Crippen LogP contribution in [0.4, 0.5) is 5.69 Å². The quantitative estimate of drug-likeness (QED) is 0.590. The van der Waals surface area contributed by atoms with Gasteiger partial charge in [-0.2, -0.15) is 0 Å². The van der Waals surface area contributed by atoms with Crippen LogP contribution in [-0.4, -0.2) is 45.5 Å². The monoisotopic (exact) mass is 446 g/mol. The van der Waals surface area contributed by atoms with Gasteiger partial charge in [-0.1, -0.05) is 18.2 Å². The average molecular weight is 447 g/mol. The number of anilines is 1. The van der Waals surface area contributed by atoms with E-state index in [4.69, 9.17) is 4.74 Å². The van der Waals surface area contributed by atoms with E-state index in [1.54, 1.807) is 36.8 Å². The molecule has 1 aromatic heterocycles. The van der Waals surface area contributed by atoms with Crippen LogP contribution in [0, 0.1) is 13.8 Å². The van der Waals surface area contributed by atoms with Crippen LogP contribution < -0.4 is 10.1 Å². The number of carbonyl (C=O) groups excluding carboxylic acids is 2. The van der Waals surface area contributed by atoms with Crippen molar-refractivity contribution in [3.05, 3.63) is 77.9 Å². The molecule has 1 aliphatic heterocycles. The Morgan fingerprint density at radius 3 is 2.70 bits per heavy atom. The zero-order valence-corrected chi connectivity index (χ0v) is 19.2. The molecule has 172 valence electrons. The standard InChI is InChI=1S/C26H30N4O3/c1-19-6-7-20(2)24(16-19)33-23-8-13-30(14-9-23)26(32)21-4-3-5-22(17-21)28-25(31)10-12-29-15-11-27-18-29/h3-7,11,15-18,23H,8-10,12-14H2,1-2H3,(H,28,31). The first-order chi connectivity index (χ1) is 16.0. The lowest BCUT2D eigenvalue weighted by Gasteiger charge is -2.32. The Morgan fingerprint density at radius 2 is 1.94 bits per heavy atom. The third-order valence-corrected chi connectivity index (χ3v) is 5.92. The first-order valence-corrected chi connectivity index (χ1v) is 11.4. The van der Waals surface area contributed by atoms with Crippen molar-refractivity contribution < 1.29 is 14.3 Å². The predicted octanol–water partition coefficient (Wildman–Crippen LogP) is 4.21. The number of aromatic nitrogens is 2. The van der Waals surface area contributed by atoms with Crippen LogP contribution >= 0.6 is 0 Å². The van der Waals surface area contributed by atoms with E-state index in [0.717, 1.165) is 24.2 Å². The second-order valence-electron chi connectivity index (χ2n) is 8.56. The van der Waals surface area contributed by atoms with Crippen LogP contribution in [0.15, 0.2) is 61.2 Å². The average Bonchev–Trinajstić information content (AvgIpc) is 3.34. The van der Waals surface area contributed by atoms with E-state index in [1.165, 1.54) is 5.56 Å². The van der Waals surface area contributed by atoms with Gasteiger partial charge in [-0.25, -0.2) is 4.98 Å². The zero-order chi connectivity index (χ0) is 23.2. The molecule has 0 aliphatic carbocycles. The molecule has 2 amide bonds. The number of nitrogens with zero attached hydrogens (tertiary/aromatic N) is 3. The summed E-state index contributed by atoms with van der Waals surface area (Å²) < 4.78 is 8.08. The minimum atomic E-state index is -0.0993. The lowest BCUT2D eigenvalue weighted by Crippen LogP contribution is -2.41. The van der Waals surface area contributed by atoms with Gasteiger partial charge in [0.05, 0.1) is 6.33 Å². The lowest BCUT2D eigenvalue weighted by molar-refractivity contribution is -0.116. The van der Waals surface area contributed by atoms with Crippen molar-refractivity contribution in [3.63, 3.8) is 0 Å². The highest BCUT2D eigenvalue weighted by Crippen LogP contribution is 2.25. The highest BCUT2D eigenvalue weighted by atomic mass is 16.5. The fourth-order valence-corrected chi connectivity index (χ4v) is 3.98. The predicted molar refractivity (Wildman–Crippen MR) is 127 cm³/mol. The number of hydrogen-bond acceptors (Lipinski definition) is 4. The molecule has 3 aromatic rings. The number of imidazole rings is 1. The SMILES string of the molecule is Cc1ccc(C)c(OC2CCN(C(=O)c3cccc(NC(=O)CCn4ccnc4)c3)CC2)c1. The van der Waals surface area contributed by atoms with Crippen LogP contribution in [0.1, 0.15) is 40.7 Å². The summed E-state index contributed by atoms with van der Waals surface area (Å²) in [6.45, 7) is 5.97. The molecule has 4 rings (SSSR count). The summed E-state index contributed by atoms with van der Waals surface area (Å²) in [5, 5.41) is 2.88. The summed E-state index contributed by atoms with van der Waals surface area (Å²) in [7, 11) is 0. The van der Waals surface area contributed by atoms with Crippen molar-refractivity contribution in [2.45, 2.75) is 45.8 Å². The van der Waals surface area contributed by atoms with Crippen molar-refractivity contribution in [2.24, 2.45) is 0 Å². The maximum absolute atomic E-state index is 13.0. The van der Waals surface area contributed by atoms with Crippen LogP contribution in [0.25, 0.3) is 0 Å². The smallest absolute Gasteiger partial charge is 0.253 e. The molecule has 2 heterocycles. The van der Waals surface area contributed by atoms with E-state index in [0.29, 0.717) is 37.3 Å². The maximum Gasteiger partial charge on any atom is 0.253 e. The van der Waals surface area contributed by atoms with Crippen LogP contribution in [-0.2, 0) is 11.3 Å². The van der Waals surface area contributed by atoms with Crippen molar-refractivity contribution in [2.75, 3.05) is 18.4 Å². The van der Waals surface area contributed by atoms with E-state index in [2.05, 4.69) is 42.3 Å². The van der Waals surface area contributed by atoms with Gasteiger partial charge in [0, 0.05) is 62.5 Å². The van der Waals surface area contributed by atoms with Gasteiger partial charge in [-0.05, 0) is 49.2 Å². The Bertz CT molecular complexity index is 1100. The molecule has 1 saturated heterocycles. The molecule has 2 aromatic carbocycles. The molecule has 0 atom stereocenters. The number of ether oxygens (including phenoxy) is 1. The number of amides is 2. The van der Waals surface area contributed by atoms with E-state index in [1.807, 2.05) is 15.7 Å². The van der Waals surface area contributed by atoms with Gasteiger partial charge in [0.2, 0.25) is 5.91 Å². The number of carbonyl (C=O) groups is 2. The molecule has 1 fully saturated rings. The molecule has 0 saturated carbocycles. The molecule has 1 N–H and O–H groups in total. The van der Waals surface area contributed by atoms with Gasteiger partial charge in [0.1, 0.15) is 11.9 Å². The highest BCUT2D eigenvalue weighted by Gasteiger charge is 2.25. The zero-order valence-electron chi connectivity index (χ0n) is 19.2. The largest absolute Gasteiger partial charge is 0.490 e. The summed E-state index contributed by atoms with van der Waals surface area (Å²) in [5.41, 5.74) is 3.51. The molecule has 0 radical (unpaired) electrons. The molecular formula is C26H30N4O3. The number of rotatable bonds is 7. The third-order valence-electron chi connectivity index (χ3n) is 5.92. The number of benzene rings is 2. The van der Waals surface area contributed by atoms with Crippen molar-refractivity contribution in [3.8, 4) is 5.75 Å². The topological polar surface area (TPSA) is 76.5 Å². The van der Waals surface area contributed by atoms with E-state index in [9.17, 15) is 9.59 Å². The molecule has 0 spiro atoms. The Labute approximate surface area is 194 Å². The van der Waals surface area contributed by atoms with Gasteiger partial charge in [0.25, 0.3) is 5.91 Å². The van der Waals surface area contributed by atoms with Crippen molar-refractivity contribution in [1.29, 1.82) is 0 Å². The molecule has 33 heavy (non-hydrogen) atoms. The summed E-state index contributed by atoms with van der Waals surface area (Å²) in [5.74, 6) is 0.809. The molecular weight excluding hydrogens is 416 g/mol. The summed E-state index contributed by atoms with van der Waals surface area (Å²) in [6, 6.07) is 13.4. The fraction of sp³-hybridized carbons (Fsp3) is 0.346. The minimum Gasteiger partial charge on any atom is -0.490 e. The Kier molecular flexibility index (Phi) is 7.07. The van der Waals surface area contributed by atoms with Gasteiger partial charge in [-0.3, -0.25) is 9.59 Å². The van der Waals surface area contributed by atoms with E-state index in [-0.39, 0.29) is 17.9 Å². The van der Waals surface area contributed by atoms with Gasteiger partial charge >= 0.3 is 0 Å². The highest BCUT2D eigenvalue weighted by molar-refractivity contribution is 5.97. The van der Waals surface area contributed by atoms with E-state index >= 15 is 0 Å². The number of nitrogens with one attached hydrogen (secondary N) is 1. The lowest BCUT2D eigenvalue weighted by atomic mass is 10.1. The second kappa shape index (κ2) is 10.3. The Balaban J connectivity index is 1.29. The Hall–Kier alpha value is -3.61. The van der Waals surface area contributed by atoms with Crippen molar-refractivity contribution >= 4 is 17.5 Å². The van der Waals surface area contributed by atoms with Gasteiger partial charge < -0.3 is 19.5 Å². The van der Waals surface area contributed by atoms with Gasteiger partial charge in [-0.15, -0.1) is 0 Å². The number of aryl methyl sites for hydroxylation is 3. The first kappa shape index (κ1) is 22.6. The molecule has 0 bridgehead atoms. The van der Waals surface area contributed by atoms with Crippen LogP contribution in [0.3, 0.4) is 0 Å². The Morgan fingerprint density at radius 1 is 1.12 bits per heavy atom. The molecule has 7 nitrogen and oxygen atoms in total. The molecule has 0 unspecified atom stereocenters. The maximum atomic E-state index is 13.0. The number of piperidine rings is 1. The second-order valence-corrected chi connectivity index (χ2v) is 8.56. The fourth-order valence-electron chi connectivity index (χ4n) is 3.98. The normalized spacial score (nSPS) is 14.2. The van der Waals surface area contributed by atoms with Crippen LogP contribution in [0.2, 0.25) is 0 Å². The summed E-state index contributed by atoms with van der Waals surface area (Å²) in [4.78, 5) is 31.1. The summed E-state index contributed by atoms with van der Waals surface area (Å²) in [6.07, 6.45) is 7.23. The summed E-state index contributed by atoms with van der Waals surface area (Å²) >= 11 is 0. The first-order valence-electron chi connectivity index (χ1n) is 11.4. The molecule has 7 heteroatoms. The minimum absolute atomic E-state index is 0.0188. The van der Waals surface area contributed by atoms with Crippen molar-refractivity contribution in [1.82, 2.24) is 14.5 Å². The third kappa shape index (κ3) is 6.00. The number of hydrogen-bond donors (Lipinski definition) is 1. The van der Waals surface area contributed by atoms with Gasteiger partial charge in [0.15, 0.2) is 0 Å². The van der Waals surface area contributed by atoms with Crippen LogP contribution in [0.5, 0.6) is 5.75 Å².